The van der Waals surface area contributed by atoms with E-state index in [4.69, 9.17) is 9.47 Å². The lowest BCUT2D eigenvalue weighted by Gasteiger charge is -2.23. The fraction of sp³-hybridized carbons (Fsp3) is 0.538. The van der Waals surface area contributed by atoms with Crippen LogP contribution >= 0.6 is 15.9 Å². The predicted molar refractivity (Wildman–Crippen MR) is 68.2 cm³/mol. The monoisotopic (exact) mass is 284 g/mol. The van der Waals surface area contributed by atoms with E-state index in [1.165, 1.54) is 18.4 Å². The lowest BCUT2D eigenvalue weighted by molar-refractivity contribution is -0.0111. The van der Waals surface area contributed by atoms with E-state index in [1.54, 1.807) is 0 Å². The van der Waals surface area contributed by atoms with Crippen LogP contribution in [0.25, 0.3) is 0 Å². The molecule has 0 aliphatic carbocycles. The van der Waals surface area contributed by atoms with Gasteiger partial charge in [0.15, 0.2) is 0 Å². The molecule has 0 saturated carbocycles. The van der Waals surface area contributed by atoms with E-state index in [0.29, 0.717) is 6.61 Å². The van der Waals surface area contributed by atoms with Crippen molar-refractivity contribution in [1.29, 1.82) is 0 Å². The van der Waals surface area contributed by atoms with E-state index >= 15 is 0 Å². The van der Waals surface area contributed by atoms with Gasteiger partial charge in [-0.25, -0.2) is 0 Å². The Hall–Kier alpha value is -0.540. The summed E-state index contributed by atoms with van der Waals surface area (Å²) in [5.74, 6) is 0.966. The average Bonchev–Trinajstić information content (AvgIpc) is 2.38. The molecule has 2 nitrogen and oxygen atoms in total. The van der Waals surface area contributed by atoms with Gasteiger partial charge in [-0.05, 0) is 25.3 Å². The molecule has 1 fully saturated rings. The number of benzene rings is 1. The Kier molecular flexibility index (Phi) is 4.67. The zero-order valence-electron chi connectivity index (χ0n) is 9.32. The molecule has 1 aliphatic heterocycles. The molecule has 1 unspecified atom stereocenters. The van der Waals surface area contributed by atoms with Crippen LogP contribution in [-0.2, 0) is 10.1 Å². The van der Waals surface area contributed by atoms with Gasteiger partial charge in [0.25, 0.3) is 0 Å². The van der Waals surface area contributed by atoms with E-state index in [-0.39, 0.29) is 6.10 Å². The minimum Gasteiger partial charge on any atom is -0.491 e. The van der Waals surface area contributed by atoms with Crippen molar-refractivity contribution in [3.05, 3.63) is 29.8 Å². The maximum atomic E-state index is 5.81. The molecule has 1 aromatic rings. The van der Waals surface area contributed by atoms with Gasteiger partial charge in [0.2, 0.25) is 0 Å². The van der Waals surface area contributed by atoms with Gasteiger partial charge >= 0.3 is 0 Å². The third-order valence-corrected chi connectivity index (χ3v) is 3.42. The Balaban J connectivity index is 1.88. The van der Waals surface area contributed by atoms with Crippen LogP contribution < -0.4 is 4.74 Å². The Morgan fingerprint density at radius 3 is 2.94 bits per heavy atom. The summed E-state index contributed by atoms with van der Waals surface area (Å²) >= 11 is 3.46. The van der Waals surface area contributed by atoms with Gasteiger partial charge in [0.05, 0.1) is 6.10 Å². The first-order valence-corrected chi connectivity index (χ1v) is 6.90. The summed E-state index contributed by atoms with van der Waals surface area (Å²) in [7, 11) is 0. The minimum absolute atomic E-state index is 0.275. The van der Waals surface area contributed by atoms with Crippen molar-refractivity contribution >= 4 is 15.9 Å². The van der Waals surface area contributed by atoms with Crippen molar-refractivity contribution in [3.63, 3.8) is 0 Å². The van der Waals surface area contributed by atoms with Gasteiger partial charge in [-0.3, -0.25) is 0 Å². The average molecular weight is 285 g/mol. The molecule has 0 amide bonds. The number of para-hydroxylation sites is 1. The summed E-state index contributed by atoms with van der Waals surface area (Å²) < 4.78 is 11.4. The molecule has 2 rings (SSSR count). The van der Waals surface area contributed by atoms with Gasteiger partial charge < -0.3 is 9.47 Å². The molecule has 1 aromatic carbocycles. The first-order chi connectivity index (χ1) is 7.90. The van der Waals surface area contributed by atoms with Crippen molar-refractivity contribution in [3.8, 4) is 5.75 Å². The summed E-state index contributed by atoms with van der Waals surface area (Å²) in [6.45, 7) is 1.55. The van der Waals surface area contributed by atoms with E-state index in [0.717, 1.165) is 24.1 Å². The van der Waals surface area contributed by atoms with Crippen LogP contribution in [0.4, 0.5) is 0 Å². The van der Waals surface area contributed by atoms with Gasteiger partial charge in [-0.1, -0.05) is 34.1 Å². The molecule has 1 aliphatic rings. The van der Waals surface area contributed by atoms with Crippen molar-refractivity contribution in [2.24, 2.45) is 0 Å². The van der Waals surface area contributed by atoms with Gasteiger partial charge in [-0.15, -0.1) is 0 Å². The number of ether oxygens (including phenoxy) is 2. The zero-order valence-corrected chi connectivity index (χ0v) is 10.9. The molecule has 1 saturated heterocycles. The van der Waals surface area contributed by atoms with Gasteiger partial charge in [0, 0.05) is 17.5 Å². The normalized spacial score (nSPS) is 20.7. The highest BCUT2D eigenvalue weighted by molar-refractivity contribution is 9.08. The fourth-order valence-corrected chi connectivity index (χ4v) is 2.34. The Bertz CT molecular complexity index is 321. The zero-order chi connectivity index (χ0) is 11.2. The molecular weight excluding hydrogens is 268 g/mol. The van der Waals surface area contributed by atoms with Crippen LogP contribution in [0, 0.1) is 0 Å². The second-order valence-corrected chi connectivity index (χ2v) is 4.60. The standard InChI is InChI=1S/C13H17BrO2/c14-9-11-5-1-2-7-13(11)16-10-12-6-3-4-8-15-12/h1-2,5,7,12H,3-4,6,8-10H2. The smallest absolute Gasteiger partial charge is 0.123 e. The van der Waals surface area contributed by atoms with Crippen molar-refractivity contribution in [2.45, 2.75) is 30.7 Å². The molecular formula is C13H17BrO2. The first kappa shape index (κ1) is 11.9. The molecule has 0 bridgehead atoms. The van der Waals surface area contributed by atoms with Gasteiger partial charge in [0.1, 0.15) is 12.4 Å². The van der Waals surface area contributed by atoms with E-state index in [1.807, 2.05) is 18.2 Å². The Labute approximate surface area is 105 Å². The highest BCUT2D eigenvalue weighted by atomic mass is 79.9. The number of halogens is 1. The van der Waals surface area contributed by atoms with Gasteiger partial charge in [-0.2, -0.15) is 0 Å². The highest BCUT2D eigenvalue weighted by Crippen LogP contribution is 2.22. The number of alkyl halides is 1. The Morgan fingerprint density at radius 2 is 2.19 bits per heavy atom. The van der Waals surface area contributed by atoms with Crippen molar-refractivity contribution < 1.29 is 9.47 Å². The molecule has 88 valence electrons. The second-order valence-electron chi connectivity index (χ2n) is 4.04. The summed E-state index contributed by atoms with van der Waals surface area (Å²) in [5.41, 5.74) is 1.19. The molecule has 0 aromatic heterocycles. The van der Waals surface area contributed by atoms with Crippen LogP contribution in [-0.4, -0.2) is 19.3 Å². The van der Waals surface area contributed by atoms with E-state index < -0.39 is 0 Å². The predicted octanol–water partition coefficient (Wildman–Crippen LogP) is 3.53. The Morgan fingerprint density at radius 1 is 1.31 bits per heavy atom. The molecule has 0 spiro atoms. The largest absolute Gasteiger partial charge is 0.491 e. The summed E-state index contributed by atoms with van der Waals surface area (Å²) in [4.78, 5) is 0. The van der Waals surface area contributed by atoms with E-state index in [2.05, 4.69) is 22.0 Å². The summed E-state index contributed by atoms with van der Waals surface area (Å²) in [6, 6.07) is 8.12. The van der Waals surface area contributed by atoms with Crippen LogP contribution in [0.5, 0.6) is 5.75 Å². The maximum Gasteiger partial charge on any atom is 0.123 e. The SMILES string of the molecule is BrCc1ccccc1OCC1CCCCO1. The molecule has 16 heavy (non-hydrogen) atoms. The quantitative estimate of drug-likeness (QED) is 0.788. The molecule has 0 radical (unpaired) electrons. The number of hydrogen-bond donors (Lipinski definition) is 0. The number of hydrogen-bond acceptors (Lipinski definition) is 2. The molecule has 1 heterocycles. The molecule has 3 heteroatoms. The first-order valence-electron chi connectivity index (χ1n) is 5.78. The maximum absolute atomic E-state index is 5.81. The van der Waals surface area contributed by atoms with Crippen molar-refractivity contribution in [1.82, 2.24) is 0 Å². The fourth-order valence-electron chi connectivity index (χ4n) is 1.88. The molecule has 0 N–H and O–H groups in total. The lowest BCUT2D eigenvalue weighted by Crippen LogP contribution is -2.25. The highest BCUT2D eigenvalue weighted by Gasteiger charge is 2.14. The van der Waals surface area contributed by atoms with Crippen molar-refractivity contribution in [2.75, 3.05) is 13.2 Å². The summed E-state index contributed by atoms with van der Waals surface area (Å²) in [6.07, 6.45) is 3.84. The number of rotatable bonds is 4. The second kappa shape index (κ2) is 6.26. The summed E-state index contributed by atoms with van der Waals surface area (Å²) in [5, 5.41) is 0.828. The van der Waals surface area contributed by atoms with Crippen LogP contribution in [0.15, 0.2) is 24.3 Å². The lowest BCUT2D eigenvalue weighted by atomic mass is 10.1. The third kappa shape index (κ3) is 3.22. The third-order valence-electron chi connectivity index (χ3n) is 2.82. The van der Waals surface area contributed by atoms with Crippen LogP contribution in [0.3, 0.4) is 0 Å². The topological polar surface area (TPSA) is 18.5 Å². The van der Waals surface area contributed by atoms with E-state index in [9.17, 15) is 0 Å². The minimum atomic E-state index is 0.275. The molecule has 1 atom stereocenters. The van der Waals surface area contributed by atoms with Crippen LogP contribution in [0.2, 0.25) is 0 Å². The van der Waals surface area contributed by atoms with Crippen LogP contribution in [0.1, 0.15) is 24.8 Å².